The van der Waals surface area contributed by atoms with Gasteiger partial charge in [0.2, 0.25) is 0 Å². The second-order valence-electron chi connectivity index (χ2n) is 7.68. The molecule has 4 nitrogen and oxygen atoms in total. The third-order valence-electron chi connectivity index (χ3n) is 5.63. The second kappa shape index (κ2) is 8.52. The number of nitrogens with zero attached hydrogens (tertiary/aromatic N) is 2. The first-order chi connectivity index (χ1) is 15.7. The standard InChI is InChI=1S/C28H22N2O2/c1-32-28(31)22-11-6-8-20(16-22)18-30-19-23(25-13-4-5-15-27(25)30)17-29-26-14-7-10-21-9-2-3-12-24(21)26/h2-17,19H,18H2,1H3. The van der Waals surface area contributed by atoms with E-state index in [-0.39, 0.29) is 5.97 Å². The van der Waals surface area contributed by atoms with Crippen molar-refractivity contribution in [2.45, 2.75) is 6.54 Å². The monoisotopic (exact) mass is 418 g/mol. The summed E-state index contributed by atoms with van der Waals surface area (Å²) < 4.78 is 7.05. The zero-order chi connectivity index (χ0) is 21.9. The van der Waals surface area contributed by atoms with Crippen LogP contribution in [0.3, 0.4) is 0 Å². The van der Waals surface area contributed by atoms with Gasteiger partial charge in [-0.15, -0.1) is 0 Å². The van der Waals surface area contributed by atoms with Crippen LogP contribution in [-0.2, 0) is 11.3 Å². The highest BCUT2D eigenvalue weighted by Gasteiger charge is 2.10. The van der Waals surface area contributed by atoms with Crippen LogP contribution in [0, 0.1) is 0 Å². The normalized spacial score (nSPS) is 11.4. The molecule has 0 aliphatic heterocycles. The van der Waals surface area contributed by atoms with Crippen LogP contribution in [0.4, 0.5) is 5.69 Å². The Morgan fingerprint density at radius 2 is 1.66 bits per heavy atom. The molecule has 1 aromatic heterocycles. The fourth-order valence-electron chi connectivity index (χ4n) is 4.08. The van der Waals surface area contributed by atoms with Gasteiger partial charge in [-0.2, -0.15) is 0 Å². The number of carbonyl (C=O) groups excluding carboxylic acids is 1. The SMILES string of the molecule is COC(=O)c1cccc(Cn2cc(C=Nc3cccc4ccccc34)c3ccccc32)c1. The molecule has 0 aliphatic carbocycles. The summed E-state index contributed by atoms with van der Waals surface area (Å²) in [5, 5.41) is 3.45. The van der Waals surface area contributed by atoms with E-state index in [2.05, 4.69) is 41.1 Å². The highest BCUT2D eigenvalue weighted by atomic mass is 16.5. The lowest BCUT2D eigenvalue weighted by molar-refractivity contribution is 0.0600. The molecule has 0 amide bonds. The summed E-state index contributed by atoms with van der Waals surface area (Å²) in [6, 6.07) is 30.3. The van der Waals surface area contributed by atoms with Crippen molar-refractivity contribution in [3.05, 3.63) is 114 Å². The lowest BCUT2D eigenvalue weighted by atomic mass is 10.1. The first-order valence-corrected chi connectivity index (χ1v) is 10.5. The number of hydrogen-bond donors (Lipinski definition) is 0. The summed E-state index contributed by atoms with van der Waals surface area (Å²) in [6.07, 6.45) is 4.05. The van der Waals surface area contributed by atoms with Gasteiger partial charge in [0, 0.05) is 40.8 Å². The van der Waals surface area contributed by atoms with Crippen molar-refractivity contribution in [3.63, 3.8) is 0 Å². The number of methoxy groups -OCH3 is 1. The highest BCUT2D eigenvalue weighted by molar-refractivity contribution is 6.02. The number of benzene rings is 4. The molecule has 5 aromatic rings. The average Bonchev–Trinajstić information content (AvgIpc) is 3.19. The molecule has 0 fully saturated rings. The van der Waals surface area contributed by atoms with Gasteiger partial charge < -0.3 is 9.30 Å². The molecule has 32 heavy (non-hydrogen) atoms. The van der Waals surface area contributed by atoms with E-state index in [1.54, 1.807) is 6.07 Å². The summed E-state index contributed by atoms with van der Waals surface area (Å²) in [6.45, 7) is 0.646. The molecule has 4 heteroatoms. The number of hydrogen-bond acceptors (Lipinski definition) is 3. The van der Waals surface area contributed by atoms with Gasteiger partial charge in [-0.1, -0.05) is 66.7 Å². The van der Waals surface area contributed by atoms with Gasteiger partial charge in [-0.25, -0.2) is 4.79 Å². The van der Waals surface area contributed by atoms with Crippen molar-refractivity contribution in [1.82, 2.24) is 4.57 Å². The van der Waals surface area contributed by atoms with Gasteiger partial charge in [0.05, 0.1) is 18.4 Å². The van der Waals surface area contributed by atoms with Crippen molar-refractivity contribution < 1.29 is 9.53 Å². The Morgan fingerprint density at radius 3 is 2.53 bits per heavy atom. The molecule has 0 N–H and O–H groups in total. The minimum Gasteiger partial charge on any atom is -0.465 e. The van der Waals surface area contributed by atoms with Gasteiger partial charge in [-0.3, -0.25) is 4.99 Å². The maximum Gasteiger partial charge on any atom is 0.337 e. The van der Waals surface area contributed by atoms with Crippen molar-refractivity contribution in [2.24, 2.45) is 4.99 Å². The molecule has 5 rings (SSSR count). The van der Waals surface area contributed by atoms with Crippen molar-refractivity contribution >= 4 is 39.5 Å². The highest BCUT2D eigenvalue weighted by Crippen LogP contribution is 2.27. The molecule has 0 radical (unpaired) electrons. The average molecular weight is 418 g/mol. The quantitative estimate of drug-likeness (QED) is 0.245. The van der Waals surface area contributed by atoms with E-state index in [0.717, 1.165) is 33.1 Å². The van der Waals surface area contributed by atoms with Crippen LogP contribution in [0.2, 0.25) is 0 Å². The number of rotatable bonds is 5. The molecule has 0 saturated carbocycles. The number of fused-ring (bicyclic) bond motifs is 2. The molecule has 0 aliphatic rings. The lowest BCUT2D eigenvalue weighted by Crippen LogP contribution is -2.03. The third kappa shape index (κ3) is 3.79. The number of esters is 1. The van der Waals surface area contributed by atoms with Gasteiger partial charge in [0.15, 0.2) is 0 Å². The number of aliphatic imine (C=N–C) groups is 1. The fourth-order valence-corrected chi connectivity index (χ4v) is 4.08. The summed E-state index contributed by atoms with van der Waals surface area (Å²) in [7, 11) is 1.40. The van der Waals surface area contributed by atoms with Crippen LogP contribution in [-0.4, -0.2) is 23.9 Å². The van der Waals surface area contributed by atoms with Crippen LogP contribution in [0.25, 0.3) is 21.7 Å². The molecule has 0 atom stereocenters. The smallest absolute Gasteiger partial charge is 0.337 e. The Morgan fingerprint density at radius 1 is 0.906 bits per heavy atom. The molecule has 1 heterocycles. The molecule has 0 saturated heterocycles. The fraction of sp³-hybridized carbons (Fsp3) is 0.0714. The molecule has 0 unspecified atom stereocenters. The molecule has 156 valence electrons. The molecule has 0 spiro atoms. The maximum atomic E-state index is 11.9. The zero-order valence-corrected chi connectivity index (χ0v) is 17.7. The third-order valence-corrected chi connectivity index (χ3v) is 5.63. The van der Waals surface area contributed by atoms with Crippen molar-refractivity contribution in [2.75, 3.05) is 7.11 Å². The van der Waals surface area contributed by atoms with Crippen LogP contribution >= 0.6 is 0 Å². The lowest BCUT2D eigenvalue weighted by Gasteiger charge is -2.07. The predicted octanol–water partition coefficient (Wildman–Crippen LogP) is 6.38. The van der Waals surface area contributed by atoms with E-state index in [9.17, 15) is 4.79 Å². The predicted molar refractivity (Wildman–Crippen MR) is 130 cm³/mol. The van der Waals surface area contributed by atoms with Crippen LogP contribution < -0.4 is 0 Å². The Balaban J connectivity index is 1.52. The first-order valence-electron chi connectivity index (χ1n) is 10.5. The number of para-hydroxylation sites is 1. The van der Waals surface area contributed by atoms with E-state index in [0.29, 0.717) is 12.1 Å². The summed E-state index contributed by atoms with van der Waals surface area (Å²) in [4.78, 5) is 16.7. The van der Waals surface area contributed by atoms with Crippen LogP contribution in [0.15, 0.2) is 102 Å². The second-order valence-corrected chi connectivity index (χ2v) is 7.68. The number of carbonyl (C=O) groups is 1. The van der Waals surface area contributed by atoms with Crippen LogP contribution in [0.1, 0.15) is 21.5 Å². The van der Waals surface area contributed by atoms with E-state index < -0.39 is 0 Å². The van der Waals surface area contributed by atoms with Gasteiger partial charge >= 0.3 is 5.97 Å². The maximum absolute atomic E-state index is 11.9. The van der Waals surface area contributed by atoms with E-state index in [4.69, 9.17) is 9.73 Å². The summed E-state index contributed by atoms with van der Waals surface area (Å²) >= 11 is 0. The summed E-state index contributed by atoms with van der Waals surface area (Å²) in [5.41, 5.74) is 4.71. The van der Waals surface area contributed by atoms with Gasteiger partial charge in [-0.05, 0) is 35.2 Å². The van der Waals surface area contributed by atoms with Gasteiger partial charge in [0.1, 0.15) is 0 Å². The summed E-state index contributed by atoms with van der Waals surface area (Å²) in [5.74, 6) is -0.327. The van der Waals surface area contributed by atoms with Crippen molar-refractivity contribution in [1.29, 1.82) is 0 Å². The Kier molecular flexibility index (Phi) is 5.26. The van der Waals surface area contributed by atoms with E-state index in [1.165, 1.54) is 12.5 Å². The van der Waals surface area contributed by atoms with E-state index in [1.807, 2.05) is 60.8 Å². The minimum atomic E-state index is -0.327. The van der Waals surface area contributed by atoms with Gasteiger partial charge in [0.25, 0.3) is 0 Å². The number of ether oxygens (including phenoxy) is 1. The topological polar surface area (TPSA) is 43.6 Å². The Labute approximate surface area is 186 Å². The molecular weight excluding hydrogens is 396 g/mol. The largest absolute Gasteiger partial charge is 0.465 e. The van der Waals surface area contributed by atoms with Crippen molar-refractivity contribution in [3.8, 4) is 0 Å². The molecular formula is C28H22N2O2. The van der Waals surface area contributed by atoms with Crippen LogP contribution in [0.5, 0.6) is 0 Å². The Bertz CT molecular complexity index is 1460. The minimum absolute atomic E-state index is 0.327. The molecule has 4 aromatic carbocycles. The Hall–Kier alpha value is -4.18. The molecule has 0 bridgehead atoms. The first kappa shape index (κ1) is 19.8. The van der Waals surface area contributed by atoms with E-state index >= 15 is 0 Å². The zero-order valence-electron chi connectivity index (χ0n) is 17.7. The number of aromatic nitrogens is 1.